The van der Waals surface area contributed by atoms with Crippen molar-refractivity contribution in [3.63, 3.8) is 0 Å². The van der Waals surface area contributed by atoms with Gasteiger partial charge < -0.3 is 4.90 Å². The van der Waals surface area contributed by atoms with E-state index in [1.54, 1.807) is 0 Å². The third kappa shape index (κ3) is 8.06. The molecule has 1 rings (SSSR count). The molecule has 0 unspecified atom stereocenters. The van der Waals surface area contributed by atoms with Crippen LogP contribution in [0.15, 0.2) is 0 Å². The lowest BCUT2D eigenvalue weighted by Gasteiger charge is -2.24. The van der Waals surface area contributed by atoms with Crippen molar-refractivity contribution >= 4 is 0 Å². The molecule has 0 saturated carbocycles. The Hall–Kier alpha value is -0.0400. The highest BCUT2D eigenvalue weighted by molar-refractivity contribution is 4.61. The lowest BCUT2D eigenvalue weighted by Crippen LogP contribution is -2.29. The van der Waals surface area contributed by atoms with Gasteiger partial charge in [0.05, 0.1) is 0 Å². The van der Waals surface area contributed by atoms with E-state index in [0.29, 0.717) is 0 Å². The van der Waals surface area contributed by atoms with Gasteiger partial charge in [0.1, 0.15) is 0 Å². The van der Waals surface area contributed by atoms with Gasteiger partial charge in [-0.3, -0.25) is 0 Å². The highest BCUT2D eigenvalue weighted by Gasteiger charge is 2.05. The summed E-state index contributed by atoms with van der Waals surface area (Å²) < 4.78 is 0. The highest BCUT2D eigenvalue weighted by Crippen LogP contribution is 2.06. The topological polar surface area (TPSA) is 3.24 Å². The molecular formula is C11H27N. The number of hydrogen-bond acceptors (Lipinski definition) is 1. The zero-order chi connectivity index (χ0) is 9.82. The predicted octanol–water partition coefficient (Wildman–Crippen LogP) is 3.54. The summed E-state index contributed by atoms with van der Waals surface area (Å²) in [6, 6.07) is 0. The van der Waals surface area contributed by atoms with Crippen molar-refractivity contribution in [2.45, 2.75) is 53.9 Å². The SMILES string of the molecule is CC.CC.CCN1CCCCC1. The van der Waals surface area contributed by atoms with Crippen molar-refractivity contribution in [1.82, 2.24) is 4.90 Å². The molecule has 1 aliphatic rings. The Morgan fingerprint density at radius 3 is 1.50 bits per heavy atom. The van der Waals surface area contributed by atoms with Crippen LogP contribution >= 0.6 is 0 Å². The minimum absolute atomic E-state index is 1.25. The Morgan fingerprint density at radius 1 is 0.833 bits per heavy atom. The van der Waals surface area contributed by atoms with Gasteiger partial charge >= 0.3 is 0 Å². The highest BCUT2D eigenvalue weighted by atomic mass is 15.1. The maximum atomic E-state index is 2.52. The molecule has 76 valence electrons. The predicted molar refractivity (Wildman–Crippen MR) is 58.7 cm³/mol. The van der Waals surface area contributed by atoms with Crippen molar-refractivity contribution in [3.8, 4) is 0 Å². The summed E-state index contributed by atoms with van der Waals surface area (Å²) in [6.07, 6.45) is 4.30. The molecule has 1 fully saturated rings. The number of hydrogen-bond donors (Lipinski definition) is 0. The van der Waals surface area contributed by atoms with Gasteiger partial charge in [-0.25, -0.2) is 0 Å². The zero-order valence-electron chi connectivity index (χ0n) is 9.69. The van der Waals surface area contributed by atoms with Crippen LogP contribution in [0.2, 0.25) is 0 Å². The quantitative estimate of drug-likeness (QED) is 0.586. The largest absolute Gasteiger partial charge is 0.304 e. The van der Waals surface area contributed by atoms with E-state index in [1.807, 2.05) is 27.7 Å². The third-order valence-electron chi connectivity index (χ3n) is 1.90. The van der Waals surface area contributed by atoms with Gasteiger partial charge in [-0.15, -0.1) is 0 Å². The summed E-state index contributed by atoms with van der Waals surface area (Å²) in [7, 11) is 0. The molecule has 1 nitrogen and oxygen atoms in total. The fourth-order valence-corrected chi connectivity index (χ4v) is 1.28. The molecule has 0 bridgehead atoms. The smallest absolute Gasteiger partial charge is 0.00188 e. The monoisotopic (exact) mass is 173 g/mol. The van der Waals surface area contributed by atoms with Crippen LogP contribution in [0.3, 0.4) is 0 Å². The first-order chi connectivity index (χ1) is 5.93. The van der Waals surface area contributed by atoms with E-state index >= 15 is 0 Å². The molecule has 0 N–H and O–H groups in total. The second-order valence-corrected chi connectivity index (χ2v) is 2.49. The molecule has 1 heterocycles. The van der Waals surface area contributed by atoms with Gasteiger partial charge in [-0.2, -0.15) is 0 Å². The third-order valence-corrected chi connectivity index (χ3v) is 1.90. The molecule has 0 aromatic rings. The Kier molecular flexibility index (Phi) is 16.3. The van der Waals surface area contributed by atoms with Crippen molar-refractivity contribution in [2.75, 3.05) is 19.6 Å². The van der Waals surface area contributed by atoms with Crippen LogP contribution in [0.4, 0.5) is 0 Å². The molecule has 0 aliphatic carbocycles. The average molecular weight is 173 g/mol. The van der Waals surface area contributed by atoms with E-state index in [4.69, 9.17) is 0 Å². The average Bonchev–Trinajstić information content (AvgIpc) is 2.25. The van der Waals surface area contributed by atoms with Crippen LogP contribution in [-0.4, -0.2) is 24.5 Å². The van der Waals surface area contributed by atoms with Crippen molar-refractivity contribution < 1.29 is 0 Å². The van der Waals surface area contributed by atoms with E-state index in [2.05, 4.69) is 11.8 Å². The number of nitrogens with zero attached hydrogens (tertiary/aromatic N) is 1. The minimum atomic E-state index is 1.25. The fraction of sp³-hybridized carbons (Fsp3) is 1.00. The number of likely N-dealkylation sites (tertiary alicyclic amines) is 1. The van der Waals surface area contributed by atoms with Crippen LogP contribution < -0.4 is 0 Å². The lowest BCUT2D eigenvalue weighted by molar-refractivity contribution is 0.240. The second kappa shape index (κ2) is 13.5. The molecule has 0 aromatic heterocycles. The van der Waals surface area contributed by atoms with Crippen LogP contribution in [0.25, 0.3) is 0 Å². The van der Waals surface area contributed by atoms with Crippen LogP contribution in [0.5, 0.6) is 0 Å². The molecule has 1 saturated heterocycles. The molecule has 0 radical (unpaired) electrons. The first-order valence-electron chi connectivity index (χ1n) is 5.66. The lowest BCUT2D eigenvalue weighted by atomic mass is 10.1. The van der Waals surface area contributed by atoms with E-state index in [0.717, 1.165) is 0 Å². The van der Waals surface area contributed by atoms with Crippen LogP contribution in [0, 0.1) is 0 Å². The summed E-state index contributed by atoms with van der Waals surface area (Å²) in [5.74, 6) is 0. The standard InChI is InChI=1S/C7H15N.2C2H6/c1-2-8-6-4-3-5-7-8;2*1-2/h2-7H2,1H3;2*1-2H3. The van der Waals surface area contributed by atoms with Gasteiger partial charge in [-0.05, 0) is 32.5 Å². The maximum Gasteiger partial charge on any atom is -0.00188 e. The first-order valence-corrected chi connectivity index (χ1v) is 5.66. The summed E-state index contributed by atoms with van der Waals surface area (Å²) >= 11 is 0. The van der Waals surface area contributed by atoms with Gasteiger partial charge in [0, 0.05) is 0 Å². The van der Waals surface area contributed by atoms with E-state index in [-0.39, 0.29) is 0 Å². The van der Waals surface area contributed by atoms with Crippen molar-refractivity contribution in [1.29, 1.82) is 0 Å². The Bertz CT molecular complexity index is 56.0. The normalized spacial score (nSPS) is 16.8. The molecule has 1 aliphatic heterocycles. The molecule has 12 heavy (non-hydrogen) atoms. The molecule has 0 amide bonds. The molecule has 0 atom stereocenters. The molecule has 0 spiro atoms. The summed E-state index contributed by atoms with van der Waals surface area (Å²) in [6.45, 7) is 14.2. The van der Waals surface area contributed by atoms with Gasteiger partial charge in [0.15, 0.2) is 0 Å². The van der Waals surface area contributed by atoms with E-state index in [9.17, 15) is 0 Å². The Balaban J connectivity index is 0. The van der Waals surface area contributed by atoms with Gasteiger partial charge in [0.2, 0.25) is 0 Å². The number of rotatable bonds is 1. The first kappa shape index (κ1) is 14.5. The fourth-order valence-electron chi connectivity index (χ4n) is 1.28. The zero-order valence-corrected chi connectivity index (χ0v) is 9.69. The van der Waals surface area contributed by atoms with Crippen LogP contribution in [-0.2, 0) is 0 Å². The van der Waals surface area contributed by atoms with Gasteiger partial charge in [0.25, 0.3) is 0 Å². The van der Waals surface area contributed by atoms with E-state index < -0.39 is 0 Å². The summed E-state index contributed by atoms with van der Waals surface area (Å²) in [4.78, 5) is 2.52. The minimum Gasteiger partial charge on any atom is -0.304 e. The van der Waals surface area contributed by atoms with Crippen LogP contribution in [0.1, 0.15) is 53.9 Å². The Morgan fingerprint density at radius 2 is 1.25 bits per heavy atom. The number of piperidine rings is 1. The Labute approximate surface area is 79.2 Å². The van der Waals surface area contributed by atoms with Gasteiger partial charge in [-0.1, -0.05) is 41.0 Å². The summed E-state index contributed by atoms with van der Waals surface area (Å²) in [5, 5.41) is 0. The van der Waals surface area contributed by atoms with Crippen molar-refractivity contribution in [2.24, 2.45) is 0 Å². The molecule has 0 aromatic carbocycles. The second-order valence-electron chi connectivity index (χ2n) is 2.49. The molecular weight excluding hydrogens is 146 g/mol. The molecule has 1 heteroatoms. The van der Waals surface area contributed by atoms with E-state index in [1.165, 1.54) is 38.9 Å². The van der Waals surface area contributed by atoms with Crippen molar-refractivity contribution in [3.05, 3.63) is 0 Å². The summed E-state index contributed by atoms with van der Waals surface area (Å²) in [5.41, 5.74) is 0. The maximum absolute atomic E-state index is 2.52.